The quantitative estimate of drug-likeness (QED) is 0.344. The second-order valence-electron chi connectivity index (χ2n) is 7.81. The van der Waals surface area contributed by atoms with E-state index in [1.807, 2.05) is 17.0 Å². The molecule has 1 aliphatic heterocycles. The molecule has 3 rings (SSSR count). The van der Waals surface area contributed by atoms with E-state index < -0.39 is 0 Å². The van der Waals surface area contributed by atoms with E-state index in [1.165, 1.54) is 5.69 Å². The van der Waals surface area contributed by atoms with E-state index in [0.29, 0.717) is 18.5 Å². The van der Waals surface area contributed by atoms with Gasteiger partial charge in [-0.15, -0.1) is 24.0 Å². The Bertz CT molecular complexity index is 852. The normalized spacial score (nSPS) is 15.4. The summed E-state index contributed by atoms with van der Waals surface area (Å²) in [5, 5.41) is 6.87. The second-order valence-corrected chi connectivity index (χ2v) is 7.81. The van der Waals surface area contributed by atoms with Crippen molar-refractivity contribution in [3.8, 4) is 0 Å². The number of hydrogen-bond acceptors (Lipinski definition) is 3. The first kappa shape index (κ1) is 24.4. The predicted octanol–water partition coefficient (Wildman–Crippen LogP) is 3.35. The molecule has 3 heterocycles. The molecule has 1 saturated heterocycles. The molecule has 2 aromatic rings. The minimum Gasteiger partial charge on any atom is -0.354 e. The summed E-state index contributed by atoms with van der Waals surface area (Å²) in [4.78, 5) is 23.6. The maximum Gasteiger partial charge on any atom is 0.225 e. The average Bonchev–Trinajstić information content (AvgIpc) is 3.17. The number of carbonyl (C=O) groups is 1. The molecule has 0 spiro atoms. The first-order valence-electron chi connectivity index (χ1n) is 10.7. The molecule has 2 aromatic heterocycles. The van der Waals surface area contributed by atoms with E-state index >= 15 is 0 Å². The lowest BCUT2D eigenvalue weighted by Crippen LogP contribution is -2.50. The van der Waals surface area contributed by atoms with Crippen LogP contribution in [0.4, 0.5) is 0 Å². The maximum atomic E-state index is 12.6. The molecule has 7 nitrogen and oxygen atoms in total. The SMILES string of the molecule is CCC(CC)C(=O)N1CCC(NC(=NC)NCc2cn3c(C)cccc3n2)CC1.I. The van der Waals surface area contributed by atoms with Crippen LogP contribution in [0.5, 0.6) is 0 Å². The number of fused-ring (bicyclic) bond motifs is 1. The minimum atomic E-state index is 0. The Hall–Kier alpha value is -1.84. The third kappa shape index (κ3) is 5.86. The van der Waals surface area contributed by atoms with Crippen LogP contribution in [0.2, 0.25) is 0 Å². The highest BCUT2D eigenvalue weighted by atomic mass is 127. The zero-order valence-corrected chi connectivity index (χ0v) is 20.8. The molecule has 1 amide bonds. The molecule has 0 aliphatic carbocycles. The van der Waals surface area contributed by atoms with Crippen molar-refractivity contribution < 1.29 is 4.79 Å². The smallest absolute Gasteiger partial charge is 0.225 e. The number of carbonyl (C=O) groups excluding carboxylic acids is 1. The number of rotatable bonds is 6. The number of guanidine groups is 1. The van der Waals surface area contributed by atoms with Crippen LogP contribution in [0.3, 0.4) is 0 Å². The third-order valence-corrected chi connectivity index (χ3v) is 5.89. The van der Waals surface area contributed by atoms with Crippen molar-refractivity contribution in [3.05, 3.63) is 35.8 Å². The highest BCUT2D eigenvalue weighted by Crippen LogP contribution is 2.17. The Balaban J connectivity index is 0.00000320. The summed E-state index contributed by atoms with van der Waals surface area (Å²) in [6, 6.07) is 6.44. The minimum absolute atomic E-state index is 0. The Morgan fingerprint density at radius 1 is 1.27 bits per heavy atom. The van der Waals surface area contributed by atoms with Gasteiger partial charge < -0.3 is 19.9 Å². The number of pyridine rings is 1. The van der Waals surface area contributed by atoms with Crippen molar-refractivity contribution in [2.75, 3.05) is 20.1 Å². The fraction of sp³-hybridized carbons (Fsp3) is 0.591. The van der Waals surface area contributed by atoms with E-state index in [1.54, 1.807) is 7.05 Å². The van der Waals surface area contributed by atoms with Crippen LogP contribution >= 0.6 is 24.0 Å². The fourth-order valence-electron chi connectivity index (χ4n) is 3.99. The van der Waals surface area contributed by atoms with Gasteiger partial charge in [-0.05, 0) is 44.7 Å². The maximum absolute atomic E-state index is 12.6. The summed E-state index contributed by atoms with van der Waals surface area (Å²) in [5.41, 5.74) is 3.10. The number of halogens is 1. The molecule has 8 heteroatoms. The topological polar surface area (TPSA) is 74.0 Å². The Kier molecular flexibility index (Phi) is 9.38. The van der Waals surface area contributed by atoms with Crippen LogP contribution in [-0.4, -0.2) is 52.3 Å². The van der Waals surface area contributed by atoms with Crippen LogP contribution in [0.1, 0.15) is 50.9 Å². The van der Waals surface area contributed by atoms with Crippen LogP contribution in [0.25, 0.3) is 5.65 Å². The summed E-state index contributed by atoms with van der Waals surface area (Å²) in [6.07, 6.45) is 5.80. The lowest BCUT2D eigenvalue weighted by atomic mass is 9.98. The van der Waals surface area contributed by atoms with Crippen LogP contribution in [0, 0.1) is 12.8 Å². The number of aryl methyl sites for hydroxylation is 1. The van der Waals surface area contributed by atoms with Gasteiger partial charge in [-0.1, -0.05) is 19.9 Å². The van der Waals surface area contributed by atoms with Gasteiger partial charge in [0.1, 0.15) is 5.65 Å². The van der Waals surface area contributed by atoms with Gasteiger partial charge in [-0.2, -0.15) is 0 Å². The lowest BCUT2D eigenvalue weighted by molar-refractivity contribution is -0.136. The number of likely N-dealkylation sites (tertiary alicyclic amines) is 1. The van der Waals surface area contributed by atoms with Gasteiger partial charge >= 0.3 is 0 Å². The largest absolute Gasteiger partial charge is 0.354 e. The number of amides is 1. The van der Waals surface area contributed by atoms with E-state index in [-0.39, 0.29) is 29.9 Å². The van der Waals surface area contributed by atoms with E-state index in [2.05, 4.69) is 58.0 Å². The molecule has 0 atom stereocenters. The van der Waals surface area contributed by atoms with Gasteiger partial charge in [0.2, 0.25) is 5.91 Å². The molecule has 0 unspecified atom stereocenters. The van der Waals surface area contributed by atoms with Crippen molar-refractivity contribution in [1.82, 2.24) is 24.9 Å². The molecule has 0 radical (unpaired) electrons. The number of aliphatic imine (C=N–C) groups is 1. The standard InChI is InChI=1S/C22H34N6O.HI/c1-5-17(6-2)21(29)27-12-10-18(11-13-27)26-22(23-4)24-14-19-15-28-16(3)8-7-9-20(28)25-19;/h7-9,15,17-18H,5-6,10-14H2,1-4H3,(H2,23,24,26);1H. The number of aromatic nitrogens is 2. The van der Waals surface area contributed by atoms with Crippen molar-refractivity contribution in [3.63, 3.8) is 0 Å². The monoisotopic (exact) mass is 526 g/mol. The van der Waals surface area contributed by atoms with Gasteiger partial charge in [0.25, 0.3) is 0 Å². The number of piperidine rings is 1. The summed E-state index contributed by atoms with van der Waals surface area (Å²) in [5.74, 6) is 1.27. The van der Waals surface area contributed by atoms with Crippen LogP contribution < -0.4 is 10.6 Å². The molecule has 166 valence electrons. The average molecular weight is 526 g/mol. The first-order valence-corrected chi connectivity index (χ1v) is 10.7. The van der Waals surface area contributed by atoms with Crippen molar-refractivity contribution in [1.29, 1.82) is 0 Å². The summed E-state index contributed by atoms with van der Waals surface area (Å²) in [6.45, 7) is 8.52. The molecule has 0 bridgehead atoms. The second kappa shape index (κ2) is 11.5. The lowest BCUT2D eigenvalue weighted by Gasteiger charge is -2.34. The molecule has 0 aromatic carbocycles. The van der Waals surface area contributed by atoms with Crippen LogP contribution in [0.15, 0.2) is 29.4 Å². The third-order valence-electron chi connectivity index (χ3n) is 5.89. The number of nitrogens with one attached hydrogen (secondary N) is 2. The predicted molar refractivity (Wildman–Crippen MR) is 132 cm³/mol. The fourth-order valence-corrected chi connectivity index (χ4v) is 3.99. The van der Waals surface area contributed by atoms with Gasteiger partial charge in [0.15, 0.2) is 5.96 Å². The molecule has 1 aliphatic rings. The summed E-state index contributed by atoms with van der Waals surface area (Å²) < 4.78 is 2.10. The Morgan fingerprint density at radius 2 is 1.97 bits per heavy atom. The van der Waals surface area contributed by atoms with Crippen molar-refractivity contribution >= 4 is 41.5 Å². The van der Waals surface area contributed by atoms with Gasteiger partial charge in [0, 0.05) is 44.0 Å². The van der Waals surface area contributed by atoms with E-state index in [4.69, 9.17) is 0 Å². The Labute approximate surface area is 196 Å². The molecule has 0 saturated carbocycles. The van der Waals surface area contributed by atoms with Gasteiger partial charge in [0.05, 0.1) is 12.2 Å². The van der Waals surface area contributed by atoms with Crippen molar-refractivity contribution in [2.45, 2.75) is 59.0 Å². The number of imidazole rings is 1. The summed E-state index contributed by atoms with van der Waals surface area (Å²) in [7, 11) is 1.79. The highest BCUT2D eigenvalue weighted by molar-refractivity contribution is 14.0. The number of hydrogen-bond donors (Lipinski definition) is 2. The highest BCUT2D eigenvalue weighted by Gasteiger charge is 2.26. The zero-order valence-electron chi connectivity index (χ0n) is 18.5. The number of nitrogens with zero attached hydrogens (tertiary/aromatic N) is 4. The van der Waals surface area contributed by atoms with Gasteiger partial charge in [-0.3, -0.25) is 9.79 Å². The Morgan fingerprint density at radius 3 is 2.57 bits per heavy atom. The molecule has 30 heavy (non-hydrogen) atoms. The molecule has 2 N–H and O–H groups in total. The first-order chi connectivity index (χ1) is 14.0. The van der Waals surface area contributed by atoms with E-state index in [9.17, 15) is 4.79 Å². The van der Waals surface area contributed by atoms with Crippen LogP contribution in [-0.2, 0) is 11.3 Å². The zero-order chi connectivity index (χ0) is 20.8. The molecular weight excluding hydrogens is 491 g/mol. The van der Waals surface area contributed by atoms with E-state index in [0.717, 1.165) is 56.1 Å². The van der Waals surface area contributed by atoms with Gasteiger partial charge in [-0.25, -0.2) is 4.98 Å². The summed E-state index contributed by atoms with van der Waals surface area (Å²) >= 11 is 0. The molecular formula is C22H35IN6O. The van der Waals surface area contributed by atoms with Crippen molar-refractivity contribution in [2.24, 2.45) is 10.9 Å². The molecule has 1 fully saturated rings.